The topological polar surface area (TPSA) is 85.1 Å². The highest BCUT2D eigenvalue weighted by Gasteiger charge is 2.30. The van der Waals surface area contributed by atoms with Crippen molar-refractivity contribution in [2.75, 3.05) is 12.4 Å². The summed E-state index contributed by atoms with van der Waals surface area (Å²) < 4.78 is 2.00. The number of aliphatic imine (C=N–C) groups is 1. The Morgan fingerprint density at radius 2 is 1.95 bits per heavy atom. The fourth-order valence-corrected chi connectivity index (χ4v) is 5.64. The largest absolute Gasteiger partial charge is 0.302 e. The van der Waals surface area contributed by atoms with E-state index < -0.39 is 0 Å². The van der Waals surface area contributed by atoms with Crippen LogP contribution in [0.15, 0.2) is 65.8 Å². The van der Waals surface area contributed by atoms with Gasteiger partial charge in [0.05, 0.1) is 27.6 Å². The van der Waals surface area contributed by atoms with Crippen LogP contribution in [0.1, 0.15) is 36.4 Å². The molecular formula is C29H28N6OS. The second-order valence-electron chi connectivity index (χ2n) is 8.99. The molecule has 186 valence electrons. The highest BCUT2D eigenvalue weighted by atomic mass is 32.1. The maximum absolute atomic E-state index is 11.7. The van der Waals surface area contributed by atoms with Crippen LogP contribution in [0.2, 0.25) is 0 Å². The normalized spacial score (nSPS) is 13.2. The molecule has 7 nitrogen and oxygen atoms in total. The molecule has 0 saturated carbocycles. The van der Waals surface area contributed by atoms with Gasteiger partial charge >= 0.3 is 0 Å². The summed E-state index contributed by atoms with van der Waals surface area (Å²) in [6.45, 7) is 9.42. The first kappa shape index (κ1) is 24.5. The van der Waals surface area contributed by atoms with Crippen molar-refractivity contribution in [2.45, 2.75) is 33.6 Å². The Balaban J connectivity index is 1.67. The third-order valence-corrected chi connectivity index (χ3v) is 7.41. The average Bonchev–Trinajstić information content (AvgIpc) is 3.48. The molecule has 0 spiro atoms. The van der Waals surface area contributed by atoms with Crippen molar-refractivity contribution in [1.82, 2.24) is 19.7 Å². The lowest BCUT2D eigenvalue weighted by Crippen LogP contribution is -2.07. The molecule has 3 aromatic heterocycles. The van der Waals surface area contributed by atoms with Crippen LogP contribution >= 0.6 is 11.3 Å². The van der Waals surface area contributed by atoms with Gasteiger partial charge in [0, 0.05) is 48.8 Å². The third kappa shape index (κ3) is 4.68. The van der Waals surface area contributed by atoms with Crippen molar-refractivity contribution >= 4 is 34.2 Å². The van der Waals surface area contributed by atoms with Gasteiger partial charge in [0.2, 0.25) is 5.91 Å². The first-order chi connectivity index (χ1) is 17.9. The fraction of sp³-hybridized carbons (Fsp3) is 0.207. The monoisotopic (exact) mass is 508 g/mol. The molecule has 37 heavy (non-hydrogen) atoms. The zero-order chi connectivity index (χ0) is 26.1. The Morgan fingerprint density at radius 1 is 1.16 bits per heavy atom. The summed E-state index contributed by atoms with van der Waals surface area (Å²) in [4.78, 5) is 26.2. The van der Waals surface area contributed by atoms with Gasteiger partial charge in [0.25, 0.3) is 0 Å². The van der Waals surface area contributed by atoms with E-state index in [0.29, 0.717) is 5.13 Å². The van der Waals surface area contributed by atoms with Crippen LogP contribution in [0, 0.1) is 6.92 Å². The number of nitrogens with zero attached hydrogens (tertiary/aromatic N) is 5. The quantitative estimate of drug-likeness (QED) is 0.253. The predicted molar refractivity (Wildman–Crippen MR) is 152 cm³/mol. The first-order valence-electron chi connectivity index (χ1n) is 12.1. The lowest BCUT2D eigenvalue weighted by atomic mass is 9.95. The molecule has 1 aromatic carbocycles. The molecule has 8 heteroatoms. The van der Waals surface area contributed by atoms with Gasteiger partial charge in [-0.2, -0.15) is 5.10 Å². The molecule has 0 saturated heterocycles. The van der Waals surface area contributed by atoms with Crippen LogP contribution in [0.4, 0.5) is 5.13 Å². The number of carbonyl (C=O) groups excluding carboxylic acids is 1. The number of aryl methyl sites for hydroxylation is 2. The third-order valence-electron chi connectivity index (χ3n) is 6.39. The van der Waals surface area contributed by atoms with Crippen molar-refractivity contribution < 1.29 is 4.79 Å². The van der Waals surface area contributed by atoms with E-state index in [1.54, 1.807) is 7.05 Å². The summed E-state index contributed by atoms with van der Waals surface area (Å²) in [6.07, 6.45) is 7.19. The fourth-order valence-electron chi connectivity index (χ4n) is 4.53. The number of thiazole rings is 1. The molecule has 4 aromatic rings. The number of allylic oxidation sites excluding steroid dienone is 3. The summed E-state index contributed by atoms with van der Waals surface area (Å²) >= 11 is 1.49. The molecule has 0 bridgehead atoms. The van der Waals surface area contributed by atoms with Gasteiger partial charge in [-0.3, -0.25) is 14.8 Å². The van der Waals surface area contributed by atoms with Crippen LogP contribution in [0.5, 0.6) is 0 Å². The number of hydrogen-bond acceptors (Lipinski definition) is 6. The van der Waals surface area contributed by atoms with Crippen LogP contribution in [-0.4, -0.2) is 38.9 Å². The van der Waals surface area contributed by atoms with Gasteiger partial charge in [-0.1, -0.05) is 36.1 Å². The summed E-state index contributed by atoms with van der Waals surface area (Å²) in [5, 5.41) is 8.57. The Hall–Kier alpha value is -4.17. The standard InChI is InChI=1S/C29H28N6OS/c1-6-17(2)24(16-30-5)20-9-11-22(12-10-20)35-27-23(26(34-35)21-8-7-18(3)31-15-21)13-14-25-28(27)37-29(33-25)32-19(4)36/h6-12,15-16H,1,13-14H2,2-5H3,(H,32,33,36)/b24-17+,30-16?. The number of nitrogens with one attached hydrogen (secondary N) is 1. The van der Waals surface area contributed by atoms with E-state index in [2.05, 4.69) is 52.2 Å². The zero-order valence-electron chi connectivity index (χ0n) is 21.4. The zero-order valence-corrected chi connectivity index (χ0v) is 22.2. The molecule has 1 amide bonds. The highest BCUT2D eigenvalue weighted by Crippen LogP contribution is 2.44. The molecule has 1 N–H and O–H groups in total. The second kappa shape index (κ2) is 10.1. The minimum Gasteiger partial charge on any atom is -0.302 e. The summed E-state index contributed by atoms with van der Waals surface area (Å²) in [7, 11) is 1.77. The number of hydrogen-bond donors (Lipinski definition) is 1. The Labute approximate surface area is 220 Å². The van der Waals surface area contributed by atoms with E-state index in [-0.39, 0.29) is 5.91 Å². The van der Waals surface area contributed by atoms with Crippen LogP contribution in [0.3, 0.4) is 0 Å². The minimum absolute atomic E-state index is 0.129. The van der Waals surface area contributed by atoms with Crippen LogP contribution in [-0.2, 0) is 17.6 Å². The first-order valence-corrected chi connectivity index (χ1v) is 12.9. The lowest BCUT2D eigenvalue weighted by molar-refractivity contribution is -0.114. The molecular weight excluding hydrogens is 480 g/mol. The minimum atomic E-state index is -0.129. The summed E-state index contributed by atoms with van der Waals surface area (Å²) in [6, 6.07) is 12.4. The number of amides is 1. The summed E-state index contributed by atoms with van der Waals surface area (Å²) in [5.74, 6) is -0.129. The number of carbonyl (C=O) groups is 1. The molecule has 0 atom stereocenters. The number of benzene rings is 1. The Bertz CT molecular complexity index is 1560. The van der Waals surface area contributed by atoms with E-state index in [9.17, 15) is 4.79 Å². The van der Waals surface area contributed by atoms with Gasteiger partial charge in [0.1, 0.15) is 0 Å². The van der Waals surface area contributed by atoms with Crippen molar-refractivity contribution in [3.63, 3.8) is 0 Å². The van der Waals surface area contributed by atoms with E-state index in [1.165, 1.54) is 23.8 Å². The van der Waals surface area contributed by atoms with Crippen molar-refractivity contribution in [1.29, 1.82) is 0 Å². The van der Waals surface area contributed by atoms with E-state index >= 15 is 0 Å². The van der Waals surface area contributed by atoms with Gasteiger partial charge in [0.15, 0.2) is 5.13 Å². The predicted octanol–water partition coefficient (Wildman–Crippen LogP) is 6.08. The molecule has 5 rings (SSSR count). The average molecular weight is 509 g/mol. The number of fused-ring (bicyclic) bond motifs is 3. The van der Waals surface area contributed by atoms with Crippen molar-refractivity contribution in [2.24, 2.45) is 4.99 Å². The highest BCUT2D eigenvalue weighted by molar-refractivity contribution is 7.19. The van der Waals surface area contributed by atoms with E-state index in [1.807, 2.05) is 43.1 Å². The second-order valence-corrected chi connectivity index (χ2v) is 9.99. The van der Waals surface area contributed by atoms with Crippen molar-refractivity contribution in [3.8, 4) is 27.5 Å². The van der Waals surface area contributed by atoms with E-state index in [0.717, 1.165) is 68.5 Å². The molecule has 1 aliphatic carbocycles. The Kier molecular flexibility index (Phi) is 6.67. The number of aromatic nitrogens is 4. The van der Waals surface area contributed by atoms with Crippen LogP contribution < -0.4 is 5.32 Å². The molecule has 0 aliphatic heterocycles. The molecule has 0 radical (unpaired) electrons. The molecule has 0 fully saturated rings. The van der Waals surface area contributed by atoms with Crippen LogP contribution in [0.25, 0.3) is 33.1 Å². The van der Waals surface area contributed by atoms with Gasteiger partial charge in [-0.25, -0.2) is 9.67 Å². The molecule has 3 heterocycles. The lowest BCUT2D eigenvalue weighted by Gasteiger charge is -2.14. The van der Waals surface area contributed by atoms with Gasteiger partial charge in [-0.15, -0.1) is 0 Å². The smallest absolute Gasteiger partial charge is 0.223 e. The number of anilines is 1. The van der Waals surface area contributed by atoms with Gasteiger partial charge in [-0.05, 0) is 62.1 Å². The van der Waals surface area contributed by atoms with E-state index in [4.69, 9.17) is 10.1 Å². The maximum Gasteiger partial charge on any atom is 0.223 e. The number of pyridine rings is 1. The SMILES string of the molecule is C=C/C(C)=C(\C=NC)c1ccc(-n2nc(-c3ccc(C)nc3)c3c2-c2sc(NC(C)=O)nc2CC3)cc1. The summed E-state index contributed by atoms with van der Waals surface area (Å²) in [5.41, 5.74) is 10.1. The molecule has 0 unspecified atom stereocenters. The van der Waals surface area contributed by atoms with Gasteiger partial charge < -0.3 is 5.32 Å². The molecule has 1 aliphatic rings. The van der Waals surface area contributed by atoms with Crippen molar-refractivity contribution in [3.05, 3.63) is 83.3 Å². The maximum atomic E-state index is 11.7. The number of rotatable bonds is 6. The Morgan fingerprint density at radius 3 is 2.59 bits per heavy atom.